The molecule has 0 unspecified atom stereocenters. The van der Waals surface area contributed by atoms with Crippen LogP contribution in [0.15, 0.2) is 28.7 Å². The molecule has 1 heterocycles. The van der Waals surface area contributed by atoms with Gasteiger partial charge in [0.05, 0.1) is 6.54 Å². The lowest BCUT2D eigenvalue weighted by molar-refractivity contribution is 0.279. The fourth-order valence-corrected chi connectivity index (χ4v) is 2.01. The van der Waals surface area contributed by atoms with E-state index in [2.05, 4.69) is 60.3 Å². The summed E-state index contributed by atoms with van der Waals surface area (Å²) in [5, 5.41) is 7.84. The quantitative estimate of drug-likeness (QED) is 0.827. The fourth-order valence-electron chi connectivity index (χ4n) is 2.01. The summed E-state index contributed by atoms with van der Waals surface area (Å²) < 4.78 is 5.38. The summed E-state index contributed by atoms with van der Waals surface area (Å²) in [6.45, 7) is 7.77. The van der Waals surface area contributed by atoms with Crippen molar-refractivity contribution in [1.82, 2.24) is 15.1 Å². The first-order valence-electron chi connectivity index (χ1n) is 6.61. The second kappa shape index (κ2) is 5.97. The number of aromatic nitrogens is 2. The minimum atomic E-state index is 0.577. The summed E-state index contributed by atoms with van der Waals surface area (Å²) >= 11 is 0. The van der Waals surface area contributed by atoms with Crippen LogP contribution in [-0.2, 0) is 13.1 Å². The van der Waals surface area contributed by atoms with Crippen molar-refractivity contribution >= 4 is 0 Å². The van der Waals surface area contributed by atoms with Crippen LogP contribution >= 0.6 is 0 Å². The molecule has 1 aromatic carbocycles. The van der Waals surface area contributed by atoms with E-state index in [1.165, 1.54) is 11.1 Å². The van der Waals surface area contributed by atoms with Gasteiger partial charge in [-0.3, -0.25) is 4.90 Å². The molecule has 1 aromatic heterocycles. The molecule has 19 heavy (non-hydrogen) atoms. The van der Waals surface area contributed by atoms with Gasteiger partial charge in [0, 0.05) is 13.5 Å². The number of benzene rings is 1. The van der Waals surface area contributed by atoms with E-state index < -0.39 is 0 Å². The molecule has 0 amide bonds. The van der Waals surface area contributed by atoms with Gasteiger partial charge in [0.25, 0.3) is 0 Å². The third kappa shape index (κ3) is 3.89. The van der Waals surface area contributed by atoms with Crippen LogP contribution in [0.25, 0.3) is 0 Å². The third-order valence-corrected chi connectivity index (χ3v) is 3.07. The highest BCUT2D eigenvalue weighted by Gasteiger charge is 2.07. The highest BCUT2D eigenvalue weighted by atomic mass is 16.4. The van der Waals surface area contributed by atoms with Crippen LogP contribution in [0, 0.1) is 6.92 Å². The Morgan fingerprint density at radius 1 is 1.11 bits per heavy atom. The first-order valence-corrected chi connectivity index (χ1v) is 6.61. The summed E-state index contributed by atoms with van der Waals surface area (Å²) in [6, 6.07) is 8.77. The molecule has 4 heteroatoms. The van der Waals surface area contributed by atoms with Gasteiger partial charge < -0.3 is 4.42 Å². The van der Waals surface area contributed by atoms with Gasteiger partial charge in [0.15, 0.2) is 0 Å². The Morgan fingerprint density at radius 2 is 1.79 bits per heavy atom. The maximum Gasteiger partial charge on any atom is 0.230 e. The Kier molecular flexibility index (Phi) is 4.32. The van der Waals surface area contributed by atoms with Crippen molar-refractivity contribution in [3.63, 3.8) is 0 Å². The molecular formula is C15H21N3O. The number of hydrogen-bond donors (Lipinski definition) is 0. The molecule has 0 radical (unpaired) electrons. The van der Waals surface area contributed by atoms with Crippen LogP contribution in [0.3, 0.4) is 0 Å². The van der Waals surface area contributed by atoms with Gasteiger partial charge in [0.1, 0.15) is 0 Å². The Bertz CT molecular complexity index is 516. The van der Waals surface area contributed by atoms with Gasteiger partial charge in [-0.25, -0.2) is 0 Å². The molecule has 0 saturated heterocycles. The molecule has 0 bridgehead atoms. The molecule has 0 aliphatic heterocycles. The SMILES string of the molecule is Cc1nnc(CN(C)Cc2ccc(C(C)C)cc2)o1. The maximum atomic E-state index is 5.38. The van der Waals surface area contributed by atoms with Gasteiger partial charge in [-0.1, -0.05) is 38.1 Å². The number of rotatable bonds is 5. The van der Waals surface area contributed by atoms with Crippen LogP contribution in [-0.4, -0.2) is 22.1 Å². The first-order chi connectivity index (χ1) is 9.04. The normalized spacial score (nSPS) is 11.5. The van der Waals surface area contributed by atoms with Crippen molar-refractivity contribution in [2.45, 2.75) is 39.8 Å². The Balaban J connectivity index is 1.93. The highest BCUT2D eigenvalue weighted by Crippen LogP contribution is 2.15. The molecule has 0 N–H and O–H groups in total. The molecule has 0 spiro atoms. The summed E-state index contributed by atoms with van der Waals surface area (Å²) in [5.41, 5.74) is 2.67. The van der Waals surface area contributed by atoms with Crippen molar-refractivity contribution in [2.24, 2.45) is 0 Å². The molecule has 0 atom stereocenters. The second-order valence-electron chi connectivity index (χ2n) is 5.28. The molecule has 0 aliphatic rings. The van der Waals surface area contributed by atoms with Crippen LogP contribution in [0.5, 0.6) is 0 Å². The summed E-state index contributed by atoms with van der Waals surface area (Å²) in [7, 11) is 2.05. The van der Waals surface area contributed by atoms with Gasteiger partial charge >= 0.3 is 0 Å². The fraction of sp³-hybridized carbons (Fsp3) is 0.467. The molecule has 4 nitrogen and oxygen atoms in total. The monoisotopic (exact) mass is 259 g/mol. The topological polar surface area (TPSA) is 42.2 Å². The van der Waals surface area contributed by atoms with E-state index in [4.69, 9.17) is 4.42 Å². The average Bonchev–Trinajstić information content (AvgIpc) is 2.75. The molecule has 2 rings (SSSR count). The minimum Gasteiger partial charge on any atom is -0.424 e. The van der Waals surface area contributed by atoms with Gasteiger partial charge in [-0.15, -0.1) is 10.2 Å². The van der Waals surface area contributed by atoms with Gasteiger partial charge in [0.2, 0.25) is 11.8 Å². The van der Waals surface area contributed by atoms with Crippen LogP contribution in [0.1, 0.15) is 42.7 Å². The lowest BCUT2D eigenvalue weighted by Gasteiger charge is -2.15. The van der Waals surface area contributed by atoms with Crippen molar-refractivity contribution in [3.05, 3.63) is 47.2 Å². The molecule has 0 saturated carbocycles. The van der Waals surface area contributed by atoms with Crippen molar-refractivity contribution < 1.29 is 4.42 Å². The predicted octanol–water partition coefficient (Wildman–Crippen LogP) is 3.13. The molecule has 102 valence electrons. The van der Waals surface area contributed by atoms with Crippen LogP contribution in [0.2, 0.25) is 0 Å². The Morgan fingerprint density at radius 3 is 2.32 bits per heavy atom. The van der Waals surface area contributed by atoms with E-state index in [0.717, 1.165) is 6.54 Å². The molecule has 2 aromatic rings. The van der Waals surface area contributed by atoms with Crippen LogP contribution in [0.4, 0.5) is 0 Å². The zero-order valence-corrected chi connectivity index (χ0v) is 12.1. The van der Waals surface area contributed by atoms with Crippen molar-refractivity contribution in [2.75, 3.05) is 7.05 Å². The summed E-state index contributed by atoms with van der Waals surface area (Å²) in [4.78, 5) is 2.16. The van der Waals surface area contributed by atoms with E-state index in [-0.39, 0.29) is 0 Å². The number of nitrogens with zero attached hydrogens (tertiary/aromatic N) is 3. The standard InChI is InChI=1S/C15H21N3O/c1-11(2)14-7-5-13(6-8-14)9-18(4)10-15-17-16-12(3)19-15/h5-8,11H,9-10H2,1-4H3. The molecule has 0 fully saturated rings. The second-order valence-corrected chi connectivity index (χ2v) is 5.28. The van der Waals surface area contributed by atoms with E-state index in [1.54, 1.807) is 6.92 Å². The van der Waals surface area contributed by atoms with E-state index in [1.807, 2.05) is 0 Å². The van der Waals surface area contributed by atoms with Crippen molar-refractivity contribution in [1.29, 1.82) is 0 Å². The minimum absolute atomic E-state index is 0.577. The third-order valence-electron chi connectivity index (χ3n) is 3.07. The first kappa shape index (κ1) is 13.7. The largest absolute Gasteiger partial charge is 0.424 e. The lowest BCUT2D eigenvalue weighted by Crippen LogP contribution is -2.17. The smallest absolute Gasteiger partial charge is 0.230 e. The van der Waals surface area contributed by atoms with Crippen LogP contribution < -0.4 is 0 Å². The zero-order chi connectivity index (χ0) is 13.8. The molecule has 0 aliphatic carbocycles. The van der Waals surface area contributed by atoms with E-state index in [9.17, 15) is 0 Å². The maximum absolute atomic E-state index is 5.38. The average molecular weight is 259 g/mol. The summed E-state index contributed by atoms with van der Waals surface area (Å²) in [6.07, 6.45) is 0. The Labute approximate surface area is 114 Å². The lowest BCUT2D eigenvalue weighted by atomic mass is 10.0. The zero-order valence-electron chi connectivity index (χ0n) is 12.1. The highest BCUT2D eigenvalue weighted by molar-refractivity contribution is 5.24. The number of hydrogen-bond acceptors (Lipinski definition) is 4. The Hall–Kier alpha value is -1.68. The van der Waals surface area contributed by atoms with Gasteiger partial charge in [-0.2, -0.15) is 0 Å². The van der Waals surface area contributed by atoms with E-state index in [0.29, 0.717) is 24.2 Å². The molecular weight excluding hydrogens is 238 g/mol. The van der Waals surface area contributed by atoms with Gasteiger partial charge in [-0.05, 0) is 24.1 Å². The summed E-state index contributed by atoms with van der Waals surface area (Å²) in [5.74, 6) is 1.86. The predicted molar refractivity (Wildman–Crippen MR) is 74.7 cm³/mol. The van der Waals surface area contributed by atoms with Crippen molar-refractivity contribution in [3.8, 4) is 0 Å². The van der Waals surface area contributed by atoms with E-state index >= 15 is 0 Å². The number of aryl methyl sites for hydroxylation is 1.